The van der Waals surface area contributed by atoms with Crippen LogP contribution in [-0.2, 0) is 0 Å². The summed E-state index contributed by atoms with van der Waals surface area (Å²) in [6.07, 6.45) is 8.20. The van der Waals surface area contributed by atoms with E-state index >= 15 is 0 Å². The van der Waals surface area contributed by atoms with Gasteiger partial charge in [0.2, 0.25) is 0 Å². The predicted molar refractivity (Wildman–Crippen MR) is 90.4 cm³/mol. The minimum atomic E-state index is 0.132. The molecule has 22 heavy (non-hydrogen) atoms. The lowest BCUT2D eigenvalue weighted by Crippen LogP contribution is -2.45. The normalized spacial score (nSPS) is 23.3. The number of carbonyl (C=O) groups excluding carboxylic acids is 1. The summed E-state index contributed by atoms with van der Waals surface area (Å²) in [5, 5.41) is 3.99. The Morgan fingerprint density at radius 3 is 2.45 bits per heavy atom. The minimum Gasteiger partial charge on any atom is -0.335 e. The largest absolute Gasteiger partial charge is 0.335 e. The predicted octanol–water partition coefficient (Wildman–Crippen LogP) is 4.56. The fourth-order valence-corrected chi connectivity index (χ4v) is 3.80. The van der Waals surface area contributed by atoms with Crippen molar-refractivity contribution in [1.82, 2.24) is 10.2 Å². The highest BCUT2D eigenvalue weighted by atomic mass is 35.5. The van der Waals surface area contributed by atoms with E-state index < -0.39 is 0 Å². The fraction of sp³-hybridized carbons (Fsp3) is 0.611. The average molecular weight is 321 g/mol. The maximum Gasteiger partial charge on any atom is 0.317 e. The van der Waals surface area contributed by atoms with Crippen molar-refractivity contribution in [1.29, 1.82) is 0 Å². The van der Waals surface area contributed by atoms with E-state index in [1.165, 1.54) is 24.8 Å². The van der Waals surface area contributed by atoms with Crippen molar-refractivity contribution < 1.29 is 4.79 Å². The van der Waals surface area contributed by atoms with E-state index in [9.17, 15) is 4.79 Å². The first-order valence-electron chi connectivity index (χ1n) is 8.53. The first-order valence-corrected chi connectivity index (χ1v) is 8.91. The standard InChI is InChI=1S/C18H25ClN2O/c19-16-10-8-14(9-11-16)15-5-3-4-12-21(13-15)18(22)20-17-6-1-2-7-17/h8-11,15,17H,1-7,12-13H2,(H,20,22). The number of amides is 2. The molecule has 2 amide bonds. The molecule has 1 atom stereocenters. The molecule has 1 saturated heterocycles. The van der Waals surface area contributed by atoms with Crippen LogP contribution in [-0.4, -0.2) is 30.1 Å². The highest BCUT2D eigenvalue weighted by Crippen LogP contribution is 2.28. The summed E-state index contributed by atoms with van der Waals surface area (Å²) >= 11 is 5.98. The second kappa shape index (κ2) is 7.36. The summed E-state index contributed by atoms with van der Waals surface area (Å²) < 4.78 is 0. The van der Waals surface area contributed by atoms with Crippen LogP contribution in [0.3, 0.4) is 0 Å². The van der Waals surface area contributed by atoms with Crippen molar-refractivity contribution in [3.63, 3.8) is 0 Å². The molecule has 1 aliphatic carbocycles. The summed E-state index contributed by atoms with van der Waals surface area (Å²) in [6, 6.07) is 8.63. The SMILES string of the molecule is O=C(NC1CCCC1)N1CCCCC(c2ccc(Cl)cc2)C1. The summed E-state index contributed by atoms with van der Waals surface area (Å²) in [4.78, 5) is 14.5. The van der Waals surface area contributed by atoms with Crippen LogP contribution >= 0.6 is 11.6 Å². The van der Waals surface area contributed by atoms with E-state index in [4.69, 9.17) is 11.6 Å². The van der Waals surface area contributed by atoms with Crippen LogP contribution in [0.5, 0.6) is 0 Å². The van der Waals surface area contributed by atoms with E-state index in [2.05, 4.69) is 17.4 Å². The van der Waals surface area contributed by atoms with E-state index in [1.54, 1.807) is 0 Å². The van der Waals surface area contributed by atoms with Gasteiger partial charge in [-0.2, -0.15) is 0 Å². The molecule has 2 fully saturated rings. The third-order valence-corrected chi connectivity index (χ3v) is 5.23. The van der Waals surface area contributed by atoms with Gasteiger partial charge < -0.3 is 10.2 Å². The number of likely N-dealkylation sites (tertiary alicyclic amines) is 1. The number of carbonyl (C=O) groups is 1. The summed E-state index contributed by atoms with van der Waals surface area (Å²) in [5.41, 5.74) is 1.30. The number of rotatable bonds is 2. The lowest BCUT2D eigenvalue weighted by molar-refractivity contribution is 0.193. The van der Waals surface area contributed by atoms with Gasteiger partial charge in [0.25, 0.3) is 0 Å². The summed E-state index contributed by atoms with van der Waals surface area (Å²) in [7, 11) is 0. The van der Waals surface area contributed by atoms with Crippen molar-refractivity contribution in [3.8, 4) is 0 Å². The lowest BCUT2D eigenvalue weighted by atomic mass is 9.94. The smallest absolute Gasteiger partial charge is 0.317 e. The van der Waals surface area contributed by atoms with Gasteiger partial charge in [0, 0.05) is 30.1 Å². The molecule has 0 aromatic heterocycles. The van der Waals surface area contributed by atoms with Crippen LogP contribution in [0.25, 0.3) is 0 Å². The number of nitrogens with one attached hydrogen (secondary N) is 1. The molecule has 1 heterocycles. The van der Waals surface area contributed by atoms with Crippen molar-refractivity contribution in [2.24, 2.45) is 0 Å². The molecular weight excluding hydrogens is 296 g/mol. The molecule has 3 nitrogen and oxygen atoms in total. The molecule has 1 N–H and O–H groups in total. The molecule has 120 valence electrons. The number of benzene rings is 1. The van der Waals surface area contributed by atoms with Crippen LogP contribution in [0.15, 0.2) is 24.3 Å². The number of halogens is 1. The molecule has 1 unspecified atom stereocenters. The van der Waals surface area contributed by atoms with Crippen molar-refractivity contribution >= 4 is 17.6 Å². The molecule has 1 saturated carbocycles. The quantitative estimate of drug-likeness (QED) is 0.851. The summed E-state index contributed by atoms with van der Waals surface area (Å²) in [5.74, 6) is 0.425. The monoisotopic (exact) mass is 320 g/mol. The Kier molecular flexibility index (Phi) is 5.24. The molecule has 1 aromatic carbocycles. The van der Waals surface area contributed by atoms with E-state index in [-0.39, 0.29) is 6.03 Å². The van der Waals surface area contributed by atoms with Gasteiger partial charge in [0.1, 0.15) is 0 Å². The van der Waals surface area contributed by atoms with Gasteiger partial charge in [0.05, 0.1) is 0 Å². The molecular formula is C18H25ClN2O. The molecule has 2 aliphatic rings. The van der Waals surface area contributed by atoms with E-state index in [1.807, 2.05) is 17.0 Å². The van der Waals surface area contributed by atoms with Gasteiger partial charge in [-0.25, -0.2) is 4.79 Å². The van der Waals surface area contributed by atoms with Crippen LogP contribution in [0.4, 0.5) is 4.79 Å². The second-order valence-electron chi connectivity index (χ2n) is 6.62. The molecule has 0 spiro atoms. The Morgan fingerprint density at radius 1 is 1.05 bits per heavy atom. The van der Waals surface area contributed by atoms with Gasteiger partial charge in [0.15, 0.2) is 0 Å². The fourth-order valence-electron chi connectivity index (χ4n) is 3.67. The molecule has 0 radical (unpaired) electrons. The van der Waals surface area contributed by atoms with E-state index in [0.29, 0.717) is 12.0 Å². The van der Waals surface area contributed by atoms with Gasteiger partial charge in [-0.3, -0.25) is 0 Å². The van der Waals surface area contributed by atoms with Crippen molar-refractivity contribution in [2.75, 3.05) is 13.1 Å². The van der Waals surface area contributed by atoms with Crippen LogP contribution in [0.1, 0.15) is 56.4 Å². The Balaban J connectivity index is 1.64. The van der Waals surface area contributed by atoms with Gasteiger partial charge >= 0.3 is 6.03 Å². The third-order valence-electron chi connectivity index (χ3n) is 4.98. The van der Waals surface area contributed by atoms with Gasteiger partial charge in [-0.05, 0) is 43.4 Å². The number of hydrogen-bond donors (Lipinski definition) is 1. The number of urea groups is 1. The Bertz CT molecular complexity index is 496. The second-order valence-corrected chi connectivity index (χ2v) is 7.06. The van der Waals surface area contributed by atoms with Gasteiger partial charge in [-0.1, -0.05) is 43.0 Å². The molecule has 4 heteroatoms. The maximum atomic E-state index is 12.5. The third kappa shape index (κ3) is 3.95. The van der Waals surface area contributed by atoms with Gasteiger partial charge in [-0.15, -0.1) is 0 Å². The van der Waals surface area contributed by atoms with E-state index in [0.717, 1.165) is 43.8 Å². The Morgan fingerprint density at radius 2 is 1.73 bits per heavy atom. The Labute approximate surface area is 138 Å². The van der Waals surface area contributed by atoms with Crippen LogP contribution < -0.4 is 5.32 Å². The van der Waals surface area contributed by atoms with Crippen molar-refractivity contribution in [2.45, 2.75) is 56.9 Å². The molecule has 3 rings (SSSR count). The zero-order valence-corrected chi connectivity index (χ0v) is 13.8. The Hall–Kier alpha value is -1.22. The lowest BCUT2D eigenvalue weighted by Gasteiger charge is -2.26. The molecule has 1 aliphatic heterocycles. The zero-order chi connectivity index (χ0) is 15.4. The highest BCUT2D eigenvalue weighted by Gasteiger charge is 2.25. The first-order chi connectivity index (χ1) is 10.7. The maximum absolute atomic E-state index is 12.5. The molecule has 1 aromatic rings. The zero-order valence-electron chi connectivity index (χ0n) is 13.1. The molecule has 0 bridgehead atoms. The highest BCUT2D eigenvalue weighted by molar-refractivity contribution is 6.30. The first kappa shape index (κ1) is 15.7. The summed E-state index contributed by atoms with van der Waals surface area (Å²) in [6.45, 7) is 1.70. The minimum absolute atomic E-state index is 0.132. The van der Waals surface area contributed by atoms with Crippen LogP contribution in [0, 0.1) is 0 Å². The number of nitrogens with zero attached hydrogens (tertiary/aromatic N) is 1. The topological polar surface area (TPSA) is 32.3 Å². The van der Waals surface area contributed by atoms with Crippen molar-refractivity contribution in [3.05, 3.63) is 34.9 Å². The average Bonchev–Trinajstić information content (AvgIpc) is 2.90. The van der Waals surface area contributed by atoms with Crippen LogP contribution in [0.2, 0.25) is 5.02 Å². The number of hydrogen-bond acceptors (Lipinski definition) is 1.